The number of aliphatic hydroxyl groups is 1. The second kappa shape index (κ2) is 15.6. The predicted octanol–water partition coefficient (Wildman–Crippen LogP) is 4.61. The fourth-order valence-corrected chi connectivity index (χ4v) is 5.25. The number of carbonyl (C=O) groups is 2. The van der Waals surface area contributed by atoms with Crippen LogP contribution < -0.4 is 26.2 Å². The molecule has 2 amide bonds. The topological polar surface area (TPSA) is 173 Å². The van der Waals surface area contributed by atoms with Crippen molar-refractivity contribution in [2.75, 3.05) is 19.6 Å². The number of amides is 2. The third-order valence-corrected chi connectivity index (χ3v) is 7.63. The quantitative estimate of drug-likeness (QED) is 0.0866. The van der Waals surface area contributed by atoms with Gasteiger partial charge in [0, 0.05) is 30.1 Å². The van der Waals surface area contributed by atoms with Crippen LogP contribution in [0.3, 0.4) is 0 Å². The number of aliphatic hydroxyl groups excluding tert-OH is 1. The molecule has 11 heteroatoms. The SMILES string of the molecule is O=C(O)NC(c1ccccc1)c1cccc(OCc2ccc(C(=O)NCCCNCC(O)c3ccc(O)c4[nH]c(=O)ccc34)cc2)c1. The number of H-pyrrole nitrogens is 1. The number of fused-ring (bicyclic) bond motifs is 1. The molecule has 0 radical (unpaired) electrons. The molecule has 0 aliphatic heterocycles. The van der Waals surface area contributed by atoms with E-state index in [0.717, 1.165) is 16.7 Å². The molecule has 2 atom stereocenters. The van der Waals surface area contributed by atoms with E-state index < -0.39 is 18.2 Å². The zero-order valence-corrected chi connectivity index (χ0v) is 25.5. The number of aromatic amines is 1. The molecule has 0 bridgehead atoms. The van der Waals surface area contributed by atoms with Crippen LogP contribution in [0.4, 0.5) is 4.79 Å². The number of ether oxygens (including phenoxy) is 1. The minimum Gasteiger partial charge on any atom is -0.506 e. The summed E-state index contributed by atoms with van der Waals surface area (Å²) in [5.74, 6) is 0.326. The first kappa shape index (κ1) is 32.7. The summed E-state index contributed by atoms with van der Waals surface area (Å²) < 4.78 is 5.98. The number of aromatic nitrogens is 1. The number of aromatic hydroxyl groups is 1. The van der Waals surface area contributed by atoms with Gasteiger partial charge in [-0.05, 0) is 71.6 Å². The Hall–Kier alpha value is -5.65. The van der Waals surface area contributed by atoms with Crippen molar-refractivity contribution >= 4 is 22.9 Å². The lowest BCUT2D eigenvalue weighted by Gasteiger charge is -2.19. The lowest BCUT2D eigenvalue weighted by Crippen LogP contribution is -2.29. The van der Waals surface area contributed by atoms with E-state index in [1.54, 1.807) is 24.3 Å². The third kappa shape index (κ3) is 8.75. The number of carboxylic acid groups (broad SMARTS) is 1. The number of carbonyl (C=O) groups excluding carboxylic acids is 1. The summed E-state index contributed by atoms with van der Waals surface area (Å²) in [6, 6.07) is 29.2. The van der Waals surface area contributed by atoms with Crippen molar-refractivity contribution in [2.24, 2.45) is 0 Å². The van der Waals surface area contributed by atoms with Gasteiger partial charge in [-0.15, -0.1) is 0 Å². The monoisotopic (exact) mass is 636 g/mol. The van der Waals surface area contributed by atoms with Crippen molar-refractivity contribution in [2.45, 2.75) is 25.2 Å². The highest BCUT2D eigenvalue weighted by molar-refractivity contribution is 5.94. The largest absolute Gasteiger partial charge is 0.506 e. The van der Waals surface area contributed by atoms with Gasteiger partial charge in [0.2, 0.25) is 5.56 Å². The molecule has 2 unspecified atom stereocenters. The van der Waals surface area contributed by atoms with Gasteiger partial charge in [-0.3, -0.25) is 9.59 Å². The Morgan fingerprint density at radius 2 is 1.62 bits per heavy atom. The predicted molar refractivity (Wildman–Crippen MR) is 178 cm³/mol. The van der Waals surface area contributed by atoms with Gasteiger partial charge in [-0.1, -0.05) is 60.7 Å². The lowest BCUT2D eigenvalue weighted by molar-refractivity contribution is 0.0952. The van der Waals surface area contributed by atoms with Gasteiger partial charge >= 0.3 is 6.09 Å². The number of nitrogens with one attached hydrogen (secondary N) is 4. The Kier molecular flexibility index (Phi) is 10.8. The normalized spacial score (nSPS) is 12.3. The molecular weight excluding hydrogens is 600 g/mol. The molecule has 1 heterocycles. The molecule has 4 aromatic carbocycles. The lowest BCUT2D eigenvalue weighted by atomic mass is 9.98. The molecule has 0 spiro atoms. The highest BCUT2D eigenvalue weighted by Gasteiger charge is 2.17. The molecule has 0 aliphatic carbocycles. The van der Waals surface area contributed by atoms with Crippen LogP contribution in [0.15, 0.2) is 108 Å². The van der Waals surface area contributed by atoms with E-state index >= 15 is 0 Å². The third-order valence-electron chi connectivity index (χ3n) is 7.63. The first-order valence-corrected chi connectivity index (χ1v) is 15.2. The van der Waals surface area contributed by atoms with Gasteiger partial charge in [0.05, 0.1) is 17.7 Å². The van der Waals surface area contributed by atoms with Crippen LogP contribution in [0.25, 0.3) is 10.9 Å². The summed E-state index contributed by atoms with van der Waals surface area (Å²) in [5, 5.41) is 39.3. The van der Waals surface area contributed by atoms with E-state index in [-0.39, 0.29) is 35.9 Å². The van der Waals surface area contributed by atoms with E-state index in [0.29, 0.717) is 41.8 Å². The smallest absolute Gasteiger partial charge is 0.405 e. The number of hydrogen-bond acceptors (Lipinski definition) is 7. The minimum atomic E-state index is -1.12. The van der Waals surface area contributed by atoms with E-state index in [2.05, 4.69) is 20.9 Å². The summed E-state index contributed by atoms with van der Waals surface area (Å²) in [4.78, 5) is 38.3. The molecule has 0 fully saturated rings. The molecule has 5 rings (SSSR count). The van der Waals surface area contributed by atoms with E-state index in [1.807, 2.05) is 66.7 Å². The van der Waals surface area contributed by atoms with E-state index in [1.165, 1.54) is 12.1 Å². The van der Waals surface area contributed by atoms with E-state index in [4.69, 9.17) is 4.74 Å². The molecule has 0 saturated heterocycles. The Bertz CT molecular complexity index is 1880. The van der Waals surface area contributed by atoms with Crippen LogP contribution >= 0.6 is 0 Å². The summed E-state index contributed by atoms with van der Waals surface area (Å²) >= 11 is 0. The summed E-state index contributed by atoms with van der Waals surface area (Å²) in [5.41, 5.74) is 3.48. The number of rotatable bonds is 14. The van der Waals surface area contributed by atoms with Gasteiger partial charge < -0.3 is 41.0 Å². The van der Waals surface area contributed by atoms with Gasteiger partial charge in [0.25, 0.3) is 5.91 Å². The van der Waals surface area contributed by atoms with Gasteiger partial charge in [-0.25, -0.2) is 4.79 Å². The molecule has 0 aliphatic rings. The summed E-state index contributed by atoms with van der Waals surface area (Å²) in [6.07, 6.45) is -1.34. The van der Waals surface area contributed by atoms with Gasteiger partial charge in [0.15, 0.2) is 0 Å². The fraction of sp³-hybridized carbons (Fsp3) is 0.194. The Morgan fingerprint density at radius 1 is 0.851 bits per heavy atom. The van der Waals surface area contributed by atoms with Crippen LogP contribution in [0.1, 0.15) is 51.2 Å². The number of pyridine rings is 1. The van der Waals surface area contributed by atoms with Crippen molar-refractivity contribution < 1.29 is 29.6 Å². The van der Waals surface area contributed by atoms with Crippen molar-refractivity contribution in [1.29, 1.82) is 0 Å². The molecule has 11 nitrogen and oxygen atoms in total. The molecular formula is C36H36N4O7. The second-order valence-electron chi connectivity index (χ2n) is 11.0. The average molecular weight is 637 g/mol. The number of benzene rings is 4. The number of phenols is 1. The molecule has 0 saturated carbocycles. The van der Waals surface area contributed by atoms with Crippen LogP contribution in [-0.2, 0) is 6.61 Å². The molecule has 242 valence electrons. The average Bonchev–Trinajstić information content (AvgIpc) is 3.08. The Labute approximate surface area is 270 Å². The van der Waals surface area contributed by atoms with Crippen LogP contribution in [0.5, 0.6) is 11.5 Å². The van der Waals surface area contributed by atoms with Crippen molar-refractivity contribution in [1.82, 2.24) is 20.9 Å². The fourth-order valence-electron chi connectivity index (χ4n) is 5.25. The first-order chi connectivity index (χ1) is 22.8. The highest BCUT2D eigenvalue weighted by atomic mass is 16.5. The second-order valence-corrected chi connectivity index (χ2v) is 11.0. The minimum absolute atomic E-state index is 0.0623. The van der Waals surface area contributed by atoms with Crippen LogP contribution in [0.2, 0.25) is 0 Å². The van der Waals surface area contributed by atoms with Crippen LogP contribution in [-0.4, -0.2) is 51.9 Å². The molecule has 5 aromatic rings. The zero-order chi connectivity index (χ0) is 33.2. The summed E-state index contributed by atoms with van der Waals surface area (Å²) in [7, 11) is 0. The molecule has 1 aromatic heterocycles. The van der Waals surface area contributed by atoms with Crippen molar-refractivity contribution in [3.05, 3.63) is 141 Å². The molecule has 7 N–H and O–H groups in total. The van der Waals surface area contributed by atoms with Gasteiger partial charge in [0.1, 0.15) is 18.1 Å². The maximum absolute atomic E-state index is 12.6. The van der Waals surface area contributed by atoms with Crippen molar-refractivity contribution in [3.63, 3.8) is 0 Å². The van der Waals surface area contributed by atoms with Crippen LogP contribution in [0, 0.1) is 0 Å². The highest BCUT2D eigenvalue weighted by Crippen LogP contribution is 2.29. The zero-order valence-electron chi connectivity index (χ0n) is 25.5. The number of hydrogen-bond donors (Lipinski definition) is 7. The van der Waals surface area contributed by atoms with Gasteiger partial charge in [-0.2, -0.15) is 0 Å². The molecule has 47 heavy (non-hydrogen) atoms. The maximum atomic E-state index is 12.6. The summed E-state index contributed by atoms with van der Waals surface area (Å²) in [6.45, 7) is 1.52. The first-order valence-electron chi connectivity index (χ1n) is 15.2. The Balaban J connectivity index is 1.05. The maximum Gasteiger partial charge on any atom is 0.405 e. The number of phenolic OH excluding ortho intramolecular Hbond substituents is 1. The Morgan fingerprint density at radius 3 is 2.38 bits per heavy atom. The van der Waals surface area contributed by atoms with Crippen molar-refractivity contribution in [3.8, 4) is 11.5 Å². The standard InChI is InChI=1S/C36H36N4O7/c41-30-16-14-28(29-15-17-32(43)39-34(29)30)31(42)21-37-18-5-19-38-35(44)25-12-10-23(11-13-25)22-47-27-9-4-8-26(20-27)33(40-36(45)46)24-6-2-1-3-7-24/h1-4,6-17,20,31,33,37,40-42H,5,18-19,21-22H2,(H,38,44)(H,39,43)(H,45,46). The van der Waals surface area contributed by atoms with E-state index in [9.17, 15) is 29.7 Å².